The third kappa shape index (κ3) is 7.05. The van der Waals surface area contributed by atoms with Crippen LogP contribution in [0.1, 0.15) is 81.4 Å². The van der Waals surface area contributed by atoms with Crippen LogP contribution in [-0.2, 0) is 28.6 Å². The minimum atomic E-state index is -0.652. The summed E-state index contributed by atoms with van der Waals surface area (Å²) in [5, 5.41) is 21.6. The lowest BCUT2D eigenvalue weighted by atomic mass is 9.74. The number of anilines is 1. The van der Waals surface area contributed by atoms with Crippen molar-refractivity contribution in [2.45, 2.75) is 95.7 Å². The predicted octanol–water partition coefficient (Wildman–Crippen LogP) is 5.86. The first kappa shape index (κ1) is 27.9. The maximum Gasteiger partial charge on any atom is 0.202 e. The van der Waals surface area contributed by atoms with Crippen molar-refractivity contribution in [1.82, 2.24) is 14.7 Å². The maximum absolute atomic E-state index is 12.2. The van der Waals surface area contributed by atoms with Gasteiger partial charge in [0.25, 0.3) is 0 Å². The summed E-state index contributed by atoms with van der Waals surface area (Å²) in [6, 6.07) is 10.7. The number of ketones is 1. The van der Waals surface area contributed by atoms with Crippen LogP contribution in [0.4, 0.5) is 5.13 Å². The molecule has 1 fully saturated rings. The molecule has 0 bridgehead atoms. The second kappa shape index (κ2) is 12.2. The zero-order chi connectivity index (χ0) is 26.5. The molecule has 0 radical (unpaired) electrons. The molecule has 0 aliphatic heterocycles. The number of nitrogens with one attached hydrogen (secondary N) is 2. The highest BCUT2D eigenvalue weighted by Crippen LogP contribution is 2.38. The molecule has 1 aliphatic carbocycles. The molecule has 3 aromatic rings. The van der Waals surface area contributed by atoms with Crippen molar-refractivity contribution < 1.29 is 9.90 Å². The topological polar surface area (TPSA) is 87.1 Å². The Labute approximate surface area is 229 Å². The van der Waals surface area contributed by atoms with Gasteiger partial charge >= 0.3 is 0 Å². The summed E-state index contributed by atoms with van der Waals surface area (Å²) < 4.78 is 4.13. The second-order valence-corrected chi connectivity index (χ2v) is 13.0. The molecular weight excluding hydrogens is 500 g/mol. The van der Waals surface area contributed by atoms with Crippen molar-refractivity contribution in [3.8, 4) is 0 Å². The van der Waals surface area contributed by atoms with Gasteiger partial charge in [-0.15, -0.1) is 11.3 Å². The Morgan fingerprint density at radius 2 is 1.97 bits per heavy atom. The molecule has 2 heterocycles. The standard InChI is InChI=1S/C29H40N4O2S2/c1-5-7-20-12-15-36-26(20)17-24(33-27-30-19-32-37-27)25(35)18-31-29(13-10-23(34)11-14-29)22-9-6-8-21(16-22)28(2,3)4/h6,8-9,12,15-16,19,24-25,31,35H,5,7,10-11,13-14,17-18H2,1-4H3,(H,30,32,33). The van der Waals surface area contributed by atoms with E-state index >= 15 is 0 Å². The van der Waals surface area contributed by atoms with Crippen molar-refractivity contribution in [1.29, 1.82) is 0 Å². The van der Waals surface area contributed by atoms with Crippen LogP contribution < -0.4 is 10.6 Å². The number of aliphatic hydroxyl groups excluding tert-OH is 1. The van der Waals surface area contributed by atoms with Crippen LogP contribution in [0.15, 0.2) is 42.0 Å². The summed E-state index contributed by atoms with van der Waals surface area (Å²) in [5.74, 6) is 0.321. The van der Waals surface area contributed by atoms with Crippen molar-refractivity contribution in [2.24, 2.45) is 0 Å². The molecule has 1 saturated carbocycles. The molecular formula is C29H40N4O2S2. The Kier molecular flexibility index (Phi) is 9.16. The Morgan fingerprint density at radius 1 is 1.19 bits per heavy atom. The summed E-state index contributed by atoms with van der Waals surface area (Å²) in [6.07, 6.45) is 6.35. The van der Waals surface area contributed by atoms with Gasteiger partial charge in [0.15, 0.2) is 0 Å². The van der Waals surface area contributed by atoms with Gasteiger partial charge in [0.05, 0.1) is 12.1 Å². The lowest BCUT2D eigenvalue weighted by Crippen LogP contribution is -2.51. The Bertz CT molecular complexity index is 1140. The molecule has 37 heavy (non-hydrogen) atoms. The van der Waals surface area contributed by atoms with Gasteiger partial charge < -0.3 is 15.7 Å². The van der Waals surface area contributed by atoms with Crippen LogP contribution in [0.3, 0.4) is 0 Å². The highest BCUT2D eigenvalue weighted by atomic mass is 32.1. The highest BCUT2D eigenvalue weighted by molar-refractivity contribution is 7.10. The van der Waals surface area contributed by atoms with Gasteiger partial charge in [-0.3, -0.25) is 4.79 Å². The van der Waals surface area contributed by atoms with Crippen LogP contribution >= 0.6 is 22.9 Å². The van der Waals surface area contributed by atoms with E-state index in [1.54, 1.807) is 17.7 Å². The number of aromatic nitrogens is 2. The molecule has 2 unspecified atom stereocenters. The fourth-order valence-electron chi connectivity index (χ4n) is 5.17. The highest BCUT2D eigenvalue weighted by Gasteiger charge is 2.37. The lowest BCUT2D eigenvalue weighted by Gasteiger charge is -2.40. The largest absolute Gasteiger partial charge is 0.390 e. The lowest BCUT2D eigenvalue weighted by molar-refractivity contribution is -0.121. The smallest absolute Gasteiger partial charge is 0.202 e. The second-order valence-electron chi connectivity index (χ2n) is 11.2. The van der Waals surface area contributed by atoms with Crippen molar-refractivity contribution >= 4 is 33.8 Å². The quantitative estimate of drug-likeness (QED) is 0.282. The maximum atomic E-state index is 12.2. The van der Waals surface area contributed by atoms with E-state index in [4.69, 9.17) is 0 Å². The van der Waals surface area contributed by atoms with Crippen LogP contribution in [0.25, 0.3) is 0 Å². The Morgan fingerprint density at radius 3 is 2.65 bits per heavy atom. The summed E-state index contributed by atoms with van der Waals surface area (Å²) in [6.45, 7) is 9.28. The average Bonchev–Trinajstić information content (AvgIpc) is 3.55. The molecule has 4 rings (SSSR count). The molecule has 6 nitrogen and oxygen atoms in total. The fourth-order valence-corrected chi connectivity index (χ4v) is 6.65. The van der Waals surface area contributed by atoms with Crippen LogP contribution in [0, 0.1) is 0 Å². The van der Waals surface area contributed by atoms with E-state index in [0.717, 1.165) is 32.1 Å². The number of hydrogen-bond donors (Lipinski definition) is 3. The number of rotatable bonds is 11. The summed E-state index contributed by atoms with van der Waals surface area (Å²) in [4.78, 5) is 17.8. The fraction of sp³-hybridized carbons (Fsp3) is 0.552. The third-order valence-corrected chi connectivity index (χ3v) is 9.07. The number of Topliss-reactive ketones (excluding diaryl/α,β-unsaturated/α-hetero) is 1. The van der Waals surface area contributed by atoms with E-state index in [1.807, 2.05) is 0 Å². The summed E-state index contributed by atoms with van der Waals surface area (Å²) in [5.41, 5.74) is 3.55. The van der Waals surface area contributed by atoms with E-state index in [9.17, 15) is 9.90 Å². The monoisotopic (exact) mass is 540 g/mol. The number of aliphatic hydroxyl groups is 1. The first-order valence-electron chi connectivity index (χ1n) is 13.3. The number of carbonyl (C=O) groups is 1. The summed E-state index contributed by atoms with van der Waals surface area (Å²) >= 11 is 3.06. The van der Waals surface area contributed by atoms with E-state index in [2.05, 4.69) is 83.4 Å². The zero-order valence-electron chi connectivity index (χ0n) is 22.4. The molecule has 0 spiro atoms. The van der Waals surface area contributed by atoms with Crippen molar-refractivity contribution in [3.05, 3.63) is 63.6 Å². The van der Waals surface area contributed by atoms with E-state index in [-0.39, 0.29) is 17.0 Å². The minimum absolute atomic E-state index is 0.0366. The molecule has 8 heteroatoms. The zero-order valence-corrected chi connectivity index (χ0v) is 24.1. The number of benzene rings is 1. The van der Waals surface area contributed by atoms with E-state index in [1.165, 1.54) is 33.1 Å². The molecule has 0 saturated heterocycles. The first-order valence-corrected chi connectivity index (χ1v) is 15.0. The van der Waals surface area contributed by atoms with Gasteiger partial charge in [-0.05, 0) is 52.8 Å². The Balaban J connectivity index is 1.56. The van der Waals surface area contributed by atoms with Gasteiger partial charge in [0.2, 0.25) is 5.13 Å². The number of thiophene rings is 1. The molecule has 0 amide bonds. The first-order chi connectivity index (χ1) is 17.7. The van der Waals surface area contributed by atoms with Gasteiger partial charge in [-0.25, -0.2) is 4.98 Å². The molecule has 2 atom stereocenters. The molecule has 200 valence electrons. The van der Waals surface area contributed by atoms with Gasteiger partial charge in [0, 0.05) is 47.8 Å². The van der Waals surface area contributed by atoms with Crippen LogP contribution in [0.2, 0.25) is 0 Å². The van der Waals surface area contributed by atoms with Crippen molar-refractivity contribution in [3.63, 3.8) is 0 Å². The predicted molar refractivity (Wildman–Crippen MR) is 154 cm³/mol. The number of hydrogen-bond acceptors (Lipinski definition) is 8. The SMILES string of the molecule is CCCc1ccsc1CC(Nc1ncns1)C(O)CNC1(c2cccc(C(C)(C)C)c2)CCC(=O)CC1. The normalized spacial score (nSPS) is 17.5. The number of nitrogens with zero attached hydrogens (tertiary/aromatic N) is 2. The summed E-state index contributed by atoms with van der Waals surface area (Å²) in [7, 11) is 0. The van der Waals surface area contributed by atoms with Gasteiger partial charge in [-0.2, -0.15) is 4.37 Å². The van der Waals surface area contributed by atoms with Gasteiger partial charge in [0.1, 0.15) is 12.1 Å². The number of aryl methyl sites for hydroxylation is 1. The molecule has 1 aromatic carbocycles. The van der Waals surface area contributed by atoms with E-state index < -0.39 is 6.10 Å². The third-order valence-electron chi connectivity index (χ3n) is 7.49. The van der Waals surface area contributed by atoms with Crippen LogP contribution in [0.5, 0.6) is 0 Å². The Hall–Kier alpha value is -2.13. The van der Waals surface area contributed by atoms with Gasteiger partial charge in [-0.1, -0.05) is 58.4 Å². The van der Waals surface area contributed by atoms with Crippen LogP contribution in [-0.4, -0.2) is 38.9 Å². The van der Waals surface area contributed by atoms with E-state index in [0.29, 0.717) is 30.3 Å². The average molecular weight is 541 g/mol. The minimum Gasteiger partial charge on any atom is -0.390 e. The molecule has 3 N–H and O–H groups in total. The van der Waals surface area contributed by atoms with Crippen molar-refractivity contribution in [2.75, 3.05) is 11.9 Å². The molecule has 1 aliphatic rings. The molecule has 2 aromatic heterocycles. The number of carbonyl (C=O) groups excluding carboxylic acids is 1.